The number of benzene rings is 1. The van der Waals surface area contributed by atoms with Gasteiger partial charge in [0.1, 0.15) is 0 Å². The Hall–Kier alpha value is -1.71. The van der Waals surface area contributed by atoms with Crippen LogP contribution in [0.3, 0.4) is 0 Å². The molecule has 1 atom stereocenters. The molecule has 0 unspecified atom stereocenters. The Balaban J connectivity index is 2.50. The summed E-state index contributed by atoms with van der Waals surface area (Å²) in [6, 6.07) is 3.93. The topological polar surface area (TPSA) is 47.6 Å². The minimum atomic E-state index is 0.0663. The van der Waals surface area contributed by atoms with E-state index >= 15 is 0 Å². The molecule has 0 aliphatic carbocycles. The smallest absolute Gasteiger partial charge is 0.224 e. The van der Waals surface area contributed by atoms with Gasteiger partial charge in [-0.1, -0.05) is 6.92 Å². The van der Waals surface area contributed by atoms with Crippen molar-refractivity contribution in [3.05, 3.63) is 23.3 Å². The normalized spacial score (nSPS) is 18.3. The number of amides is 1. The van der Waals surface area contributed by atoms with E-state index in [-0.39, 0.29) is 11.9 Å². The predicted octanol–water partition coefficient (Wildman–Crippen LogP) is 1.83. The first-order valence-corrected chi connectivity index (χ1v) is 5.73. The molecule has 4 heteroatoms. The first-order chi connectivity index (χ1) is 8.19. The van der Waals surface area contributed by atoms with Gasteiger partial charge in [-0.3, -0.25) is 4.79 Å². The van der Waals surface area contributed by atoms with Crippen LogP contribution in [0, 0.1) is 0 Å². The monoisotopic (exact) mass is 235 g/mol. The van der Waals surface area contributed by atoms with Crippen molar-refractivity contribution >= 4 is 5.91 Å². The van der Waals surface area contributed by atoms with Gasteiger partial charge in [-0.25, -0.2) is 0 Å². The van der Waals surface area contributed by atoms with Crippen LogP contribution < -0.4 is 14.8 Å². The highest BCUT2D eigenvalue weighted by Crippen LogP contribution is 2.36. The van der Waals surface area contributed by atoms with Crippen LogP contribution in [0.15, 0.2) is 12.1 Å². The van der Waals surface area contributed by atoms with Crippen LogP contribution >= 0.6 is 0 Å². The maximum absolute atomic E-state index is 11.6. The van der Waals surface area contributed by atoms with E-state index in [0.29, 0.717) is 17.9 Å². The summed E-state index contributed by atoms with van der Waals surface area (Å²) in [5.74, 6) is 1.45. The quantitative estimate of drug-likeness (QED) is 0.869. The fraction of sp³-hybridized carbons (Fsp3) is 0.462. The molecule has 1 aromatic rings. The van der Waals surface area contributed by atoms with Crippen LogP contribution in [0.1, 0.15) is 30.5 Å². The molecule has 1 heterocycles. The average molecular weight is 235 g/mol. The van der Waals surface area contributed by atoms with Gasteiger partial charge in [-0.2, -0.15) is 0 Å². The molecule has 0 radical (unpaired) electrons. The largest absolute Gasteiger partial charge is 0.493 e. The van der Waals surface area contributed by atoms with Crippen LogP contribution in [-0.2, 0) is 11.2 Å². The van der Waals surface area contributed by atoms with Crippen molar-refractivity contribution in [3.8, 4) is 11.5 Å². The Kier molecular flexibility index (Phi) is 3.22. The van der Waals surface area contributed by atoms with Gasteiger partial charge >= 0.3 is 0 Å². The summed E-state index contributed by atoms with van der Waals surface area (Å²) < 4.78 is 10.5. The average Bonchev–Trinajstić information content (AvgIpc) is 2.35. The summed E-state index contributed by atoms with van der Waals surface area (Å²) in [5, 5.41) is 2.98. The minimum absolute atomic E-state index is 0.0663. The number of rotatable bonds is 3. The lowest BCUT2D eigenvalue weighted by Gasteiger charge is -2.26. The van der Waals surface area contributed by atoms with Crippen molar-refractivity contribution < 1.29 is 14.3 Å². The Labute approximate surface area is 101 Å². The second-order valence-corrected chi connectivity index (χ2v) is 4.11. The molecule has 92 valence electrons. The highest BCUT2D eigenvalue weighted by Gasteiger charge is 2.25. The Bertz CT molecular complexity index is 443. The summed E-state index contributed by atoms with van der Waals surface area (Å²) in [5.41, 5.74) is 2.16. The molecule has 1 aliphatic rings. The van der Waals surface area contributed by atoms with Crippen molar-refractivity contribution in [3.63, 3.8) is 0 Å². The highest BCUT2D eigenvalue weighted by molar-refractivity contribution is 5.82. The zero-order chi connectivity index (χ0) is 12.4. The van der Waals surface area contributed by atoms with E-state index in [0.717, 1.165) is 17.5 Å². The molecule has 1 aliphatic heterocycles. The zero-order valence-corrected chi connectivity index (χ0v) is 10.4. The number of ether oxygens (including phenoxy) is 2. The first kappa shape index (κ1) is 11.8. The van der Waals surface area contributed by atoms with Crippen molar-refractivity contribution in [1.82, 2.24) is 5.32 Å². The summed E-state index contributed by atoms with van der Waals surface area (Å²) in [7, 11) is 3.22. The highest BCUT2D eigenvalue weighted by atomic mass is 16.5. The van der Waals surface area contributed by atoms with Crippen molar-refractivity contribution in [2.24, 2.45) is 0 Å². The predicted molar refractivity (Wildman–Crippen MR) is 64.4 cm³/mol. The Morgan fingerprint density at radius 2 is 1.94 bits per heavy atom. The molecule has 4 nitrogen and oxygen atoms in total. The lowest BCUT2D eigenvalue weighted by atomic mass is 9.92. The number of methoxy groups -OCH3 is 2. The molecule has 0 spiro atoms. The molecular weight excluding hydrogens is 218 g/mol. The van der Waals surface area contributed by atoms with E-state index < -0.39 is 0 Å². The van der Waals surface area contributed by atoms with Crippen LogP contribution in [0.25, 0.3) is 0 Å². The van der Waals surface area contributed by atoms with E-state index in [9.17, 15) is 4.79 Å². The Morgan fingerprint density at radius 1 is 1.29 bits per heavy atom. The molecule has 0 fully saturated rings. The van der Waals surface area contributed by atoms with Crippen molar-refractivity contribution in [2.45, 2.75) is 25.8 Å². The summed E-state index contributed by atoms with van der Waals surface area (Å²) in [6.45, 7) is 2.05. The van der Waals surface area contributed by atoms with Crippen molar-refractivity contribution in [1.29, 1.82) is 0 Å². The number of nitrogens with one attached hydrogen (secondary N) is 1. The van der Waals surface area contributed by atoms with Gasteiger partial charge in [0.15, 0.2) is 11.5 Å². The van der Waals surface area contributed by atoms with E-state index in [1.807, 2.05) is 12.1 Å². The lowest BCUT2D eigenvalue weighted by molar-refractivity contribution is -0.121. The van der Waals surface area contributed by atoms with Gasteiger partial charge in [0.25, 0.3) is 0 Å². The third-order valence-electron chi connectivity index (χ3n) is 3.12. The van der Waals surface area contributed by atoms with E-state index in [1.165, 1.54) is 0 Å². The molecule has 1 aromatic carbocycles. The Morgan fingerprint density at radius 3 is 2.53 bits per heavy atom. The van der Waals surface area contributed by atoms with Crippen LogP contribution in [0.5, 0.6) is 11.5 Å². The van der Waals surface area contributed by atoms with Gasteiger partial charge < -0.3 is 14.8 Å². The van der Waals surface area contributed by atoms with Gasteiger partial charge in [0.05, 0.1) is 26.7 Å². The maximum atomic E-state index is 11.6. The van der Waals surface area contributed by atoms with Crippen LogP contribution in [0.4, 0.5) is 0 Å². The standard InChI is InChI=1S/C13H17NO3/c1-4-10-9-7-12(17-3)11(16-2)5-8(9)6-13(15)14-10/h5,7,10H,4,6H2,1-3H3,(H,14,15)/t10-/m0/s1. The number of carbonyl (C=O) groups excluding carboxylic acids is 1. The molecule has 0 saturated heterocycles. The SMILES string of the molecule is CC[C@@H]1NC(=O)Cc2cc(OC)c(OC)cc21. The maximum Gasteiger partial charge on any atom is 0.224 e. The van der Waals surface area contributed by atoms with Crippen LogP contribution in [-0.4, -0.2) is 20.1 Å². The minimum Gasteiger partial charge on any atom is -0.493 e. The molecule has 17 heavy (non-hydrogen) atoms. The summed E-state index contributed by atoms with van der Waals surface area (Å²) >= 11 is 0. The molecule has 0 saturated carbocycles. The van der Waals surface area contributed by atoms with Crippen molar-refractivity contribution in [2.75, 3.05) is 14.2 Å². The second kappa shape index (κ2) is 4.65. The molecule has 0 aromatic heterocycles. The number of hydrogen-bond acceptors (Lipinski definition) is 3. The molecule has 2 rings (SSSR count). The molecule has 0 bridgehead atoms. The lowest BCUT2D eigenvalue weighted by Crippen LogP contribution is -2.34. The first-order valence-electron chi connectivity index (χ1n) is 5.73. The molecule has 1 N–H and O–H groups in total. The number of hydrogen-bond donors (Lipinski definition) is 1. The summed E-state index contributed by atoms with van der Waals surface area (Å²) in [4.78, 5) is 11.6. The number of carbonyl (C=O) groups is 1. The third-order valence-corrected chi connectivity index (χ3v) is 3.12. The second-order valence-electron chi connectivity index (χ2n) is 4.11. The third kappa shape index (κ3) is 2.07. The van der Waals surface area contributed by atoms with Gasteiger partial charge in [0.2, 0.25) is 5.91 Å². The van der Waals surface area contributed by atoms with Crippen LogP contribution in [0.2, 0.25) is 0 Å². The number of fused-ring (bicyclic) bond motifs is 1. The van der Waals surface area contributed by atoms with Gasteiger partial charge in [0, 0.05) is 0 Å². The van der Waals surface area contributed by atoms with Gasteiger partial charge in [-0.15, -0.1) is 0 Å². The van der Waals surface area contributed by atoms with E-state index in [2.05, 4.69) is 12.2 Å². The fourth-order valence-electron chi connectivity index (χ4n) is 2.23. The van der Waals surface area contributed by atoms with E-state index in [4.69, 9.17) is 9.47 Å². The zero-order valence-electron chi connectivity index (χ0n) is 10.4. The molecular formula is C13H17NO3. The fourth-order valence-corrected chi connectivity index (χ4v) is 2.23. The van der Waals surface area contributed by atoms with E-state index in [1.54, 1.807) is 14.2 Å². The molecule has 1 amide bonds. The summed E-state index contributed by atoms with van der Waals surface area (Å²) in [6.07, 6.45) is 1.28. The van der Waals surface area contributed by atoms with Gasteiger partial charge in [-0.05, 0) is 29.7 Å².